The predicted octanol–water partition coefficient (Wildman–Crippen LogP) is 4.69. The molecule has 0 fully saturated rings. The van der Waals surface area contributed by atoms with Crippen LogP contribution in [0.5, 0.6) is 0 Å². The minimum Gasteiger partial charge on any atom is -0.451 e. The predicted molar refractivity (Wildman–Crippen MR) is 116 cm³/mol. The van der Waals surface area contributed by atoms with Gasteiger partial charge in [0, 0.05) is 23.1 Å². The fourth-order valence-corrected chi connectivity index (χ4v) is 2.86. The number of benzene rings is 3. The van der Waals surface area contributed by atoms with Crippen LogP contribution in [0.3, 0.4) is 0 Å². The van der Waals surface area contributed by atoms with Gasteiger partial charge in [0.25, 0.3) is 5.91 Å². The van der Waals surface area contributed by atoms with Crippen molar-refractivity contribution in [3.05, 3.63) is 101 Å². The quantitative estimate of drug-likeness (QED) is 0.463. The lowest BCUT2D eigenvalue weighted by Crippen LogP contribution is -2.19. The smallest absolute Gasteiger partial charge is 0.323 e. The molecule has 0 spiro atoms. The first-order valence-electron chi connectivity index (χ1n) is 9.16. The highest BCUT2D eigenvalue weighted by molar-refractivity contribution is 6.03. The van der Waals surface area contributed by atoms with Gasteiger partial charge in [-0.15, -0.1) is 0 Å². The first-order valence-corrected chi connectivity index (χ1v) is 9.16. The van der Waals surface area contributed by atoms with Crippen LogP contribution in [0.4, 0.5) is 21.9 Å². The van der Waals surface area contributed by atoms with Crippen LogP contribution in [-0.2, 0) is 0 Å². The average molecular weight is 399 g/mol. The van der Waals surface area contributed by atoms with E-state index in [0.717, 1.165) is 0 Å². The summed E-state index contributed by atoms with van der Waals surface area (Å²) in [7, 11) is 0. The van der Waals surface area contributed by atoms with Crippen molar-refractivity contribution in [2.45, 2.75) is 0 Å². The van der Waals surface area contributed by atoms with Crippen molar-refractivity contribution < 1.29 is 14.0 Å². The molecule has 0 bridgehead atoms. The molecule has 0 saturated carbocycles. The molecular formula is C23H17N3O4. The average Bonchev–Trinajstić information content (AvgIpc) is 2.76. The van der Waals surface area contributed by atoms with E-state index < -0.39 is 5.91 Å². The Morgan fingerprint density at radius 3 is 1.93 bits per heavy atom. The first kappa shape index (κ1) is 18.9. The minimum atomic E-state index is -0.541. The summed E-state index contributed by atoms with van der Waals surface area (Å²) in [6.07, 6.45) is 0. The Labute approximate surface area is 171 Å². The van der Waals surface area contributed by atoms with E-state index in [4.69, 9.17) is 4.42 Å². The second-order valence-electron chi connectivity index (χ2n) is 6.45. The fraction of sp³-hybridized carbons (Fsp3) is 0. The second kappa shape index (κ2) is 8.32. The van der Waals surface area contributed by atoms with Crippen LogP contribution in [0, 0.1) is 0 Å². The van der Waals surface area contributed by atoms with E-state index in [1.807, 2.05) is 18.2 Å². The maximum Gasteiger partial charge on any atom is 0.323 e. The van der Waals surface area contributed by atoms with Crippen LogP contribution in [-0.4, -0.2) is 11.9 Å². The Morgan fingerprint density at radius 1 is 0.667 bits per heavy atom. The van der Waals surface area contributed by atoms with Gasteiger partial charge in [-0.2, -0.15) is 0 Å². The fourth-order valence-electron chi connectivity index (χ4n) is 2.86. The summed E-state index contributed by atoms with van der Waals surface area (Å²) < 4.78 is 5.53. The Balaban J connectivity index is 1.41. The third kappa shape index (κ3) is 4.36. The molecular weight excluding hydrogens is 382 g/mol. The lowest BCUT2D eigenvalue weighted by molar-refractivity contribution is 0.0997. The van der Waals surface area contributed by atoms with Crippen molar-refractivity contribution in [3.8, 4) is 0 Å². The molecule has 0 aliphatic heterocycles. The zero-order valence-electron chi connectivity index (χ0n) is 15.7. The second-order valence-corrected chi connectivity index (χ2v) is 6.45. The van der Waals surface area contributed by atoms with E-state index in [1.165, 1.54) is 6.07 Å². The number of amides is 3. The summed E-state index contributed by atoms with van der Waals surface area (Å²) in [6, 6.07) is 23.2. The highest BCUT2D eigenvalue weighted by Gasteiger charge is 2.12. The zero-order chi connectivity index (χ0) is 20.9. The van der Waals surface area contributed by atoms with Gasteiger partial charge in [-0.25, -0.2) is 4.79 Å². The number of fused-ring (bicyclic) bond motifs is 1. The number of hydrogen-bond donors (Lipinski definition) is 3. The monoisotopic (exact) mass is 399 g/mol. The number of rotatable bonds is 4. The maximum absolute atomic E-state index is 12.5. The molecule has 7 nitrogen and oxygen atoms in total. The third-order valence-electron chi connectivity index (χ3n) is 4.29. The van der Waals surface area contributed by atoms with Crippen molar-refractivity contribution in [2.24, 2.45) is 0 Å². The van der Waals surface area contributed by atoms with E-state index >= 15 is 0 Å². The van der Waals surface area contributed by atoms with Crippen molar-refractivity contribution in [1.29, 1.82) is 0 Å². The minimum absolute atomic E-state index is 0.0804. The number of urea groups is 1. The highest BCUT2D eigenvalue weighted by atomic mass is 16.3. The molecule has 148 valence electrons. The van der Waals surface area contributed by atoms with E-state index in [1.54, 1.807) is 60.7 Å². The van der Waals surface area contributed by atoms with Gasteiger partial charge in [0.1, 0.15) is 5.58 Å². The molecule has 0 aliphatic carbocycles. The number of carbonyl (C=O) groups is 2. The van der Waals surface area contributed by atoms with Gasteiger partial charge < -0.3 is 20.4 Å². The molecule has 30 heavy (non-hydrogen) atoms. The Bertz CT molecular complexity index is 1270. The van der Waals surface area contributed by atoms with Gasteiger partial charge in [0.15, 0.2) is 11.2 Å². The summed E-state index contributed by atoms with van der Waals surface area (Å²) in [6.45, 7) is 0. The van der Waals surface area contributed by atoms with Crippen LogP contribution in [0.25, 0.3) is 11.0 Å². The van der Waals surface area contributed by atoms with Crippen molar-refractivity contribution in [2.75, 3.05) is 16.0 Å². The van der Waals surface area contributed by atoms with Gasteiger partial charge in [-0.1, -0.05) is 30.3 Å². The molecule has 7 heteroatoms. The van der Waals surface area contributed by atoms with Crippen molar-refractivity contribution in [1.82, 2.24) is 0 Å². The first-order chi connectivity index (χ1) is 14.6. The molecule has 1 heterocycles. The number of nitrogens with one attached hydrogen (secondary N) is 3. The van der Waals surface area contributed by atoms with Gasteiger partial charge in [-0.3, -0.25) is 9.59 Å². The number of carbonyl (C=O) groups excluding carboxylic acids is 2. The molecule has 3 amide bonds. The topological polar surface area (TPSA) is 100 Å². The Hall–Kier alpha value is -4.39. The van der Waals surface area contributed by atoms with E-state index in [9.17, 15) is 14.4 Å². The largest absolute Gasteiger partial charge is 0.451 e. The highest BCUT2D eigenvalue weighted by Crippen LogP contribution is 2.17. The number of hydrogen-bond acceptors (Lipinski definition) is 4. The van der Waals surface area contributed by atoms with Crippen molar-refractivity contribution in [3.63, 3.8) is 0 Å². The molecule has 0 saturated heterocycles. The van der Waals surface area contributed by atoms with Crippen LogP contribution in [0.2, 0.25) is 0 Å². The van der Waals surface area contributed by atoms with Gasteiger partial charge in [0.05, 0.1) is 5.39 Å². The lowest BCUT2D eigenvalue weighted by Gasteiger charge is -2.09. The summed E-state index contributed by atoms with van der Waals surface area (Å²) in [5.41, 5.74) is 1.78. The van der Waals surface area contributed by atoms with E-state index in [0.29, 0.717) is 28.0 Å². The van der Waals surface area contributed by atoms with Gasteiger partial charge in [0.2, 0.25) is 0 Å². The molecule has 0 radical (unpaired) electrons. The standard InChI is InChI=1S/C23H17N3O4/c27-19-14-21(30-20-9-5-4-8-18(19)20)22(28)24-16-10-12-17(13-11-16)26-23(29)25-15-6-2-1-3-7-15/h1-14H,(H,24,28)(H2,25,26,29). The van der Waals surface area contributed by atoms with Crippen LogP contribution >= 0.6 is 0 Å². The maximum atomic E-state index is 12.5. The van der Waals surface area contributed by atoms with Crippen LogP contribution < -0.4 is 21.4 Å². The van der Waals surface area contributed by atoms with E-state index in [-0.39, 0.29) is 17.2 Å². The third-order valence-corrected chi connectivity index (χ3v) is 4.29. The summed E-state index contributed by atoms with van der Waals surface area (Å²) in [5, 5.41) is 8.51. The van der Waals surface area contributed by atoms with Crippen LogP contribution in [0.15, 0.2) is 94.1 Å². The van der Waals surface area contributed by atoms with Crippen molar-refractivity contribution >= 4 is 40.0 Å². The number of anilines is 3. The number of para-hydroxylation sites is 2. The molecule has 4 aromatic rings. The van der Waals surface area contributed by atoms with Gasteiger partial charge >= 0.3 is 6.03 Å². The summed E-state index contributed by atoms with van der Waals surface area (Å²) in [5.74, 6) is -0.622. The molecule has 4 rings (SSSR count). The molecule has 3 N–H and O–H groups in total. The van der Waals surface area contributed by atoms with Gasteiger partial charge in [-0.05, 0) is 48.5 Å². The molecule has 0 atom stereocenters. The zero-order valence-corrected chi connectivity index (χ0v) is 15.7. The molecule has 0 unspecified atom stereocenters. The summed E-state index contributed by atoms with van der Waals surface area (Å²) in [4.78, 5) is 36.6. The molecule has 3 aromatic carbocycles. The molecule has 1 aromatic heterocycles. The summed E-state index contributed by atoms with van der Waals surface area (Å²) >= 11 is 0. The Kier molecular flexibility index (Phi) is 5.25. The lowest BCUT2D eigenvalue weighted by atomic mass is 10.2. The SMILES string of the molecule is O=C(Nc1ccccc1)Nc1ccc(NC(=O)c2cc(=O)c3ccccc3o2)cc1. The van der Waals surface area contributed by atoms with Crippen LogP contribution in [0.1, 0.15) is 10.6 Å². The molecule has 0 aliphatic rings. The normalized spacial score (nSPS) is 10.4. The van der Waals surface area contributed by atoms with E-state index in [2.05, 4.69) is 16.0 Å². The Morgan fingerprint density at radius 2 is 1.23 bits per heavy atom.